The number of hydrogen-bond donors (Lipinski definition) is 2. The quantitative estimate of drug-likeness (QED) is 0.768. The van der Waals surface area contributed by atoms with Crippen LogP contribution in [0.4, 0.5) is 5.69 Å². The Morgan fingerprint density at radius 3 is 2.71 bits per heavy atom. The van der Waals surface area contributed by atoms with Crippen molar-refractivity contribution in [2.75, 3.05) is 11.8 Å². The van der Waals surface area contributed by atoms with Gasteiger partial charge < -0.3 is 10.4 Å². The highest BCUT2D eigenvalue weighted by molar-refractivity contribution is 5.87. The van der Waals surface area contributed by atoms with Gasteiger partial charge in [0, 0.05) is 20.4 Å². The normalized spacial score (nSPS) is 20.2. The van der Waals surface area contributed by atoms with E-state index in [1.165, 1.54) is 0 Å². The third-order valence-corrected chi connectivity index (χ3v) is 1.48. The number of carboxylic acid groups (broad SMARTS) is 1. The molecular weight excluding hydrogens is 178 g/mol. The van der Waals surface area contributed by atoms with Crippen LogP contribution < -0.4 is 5.31 Å². The Morgan fingerprint density at radius 1 is 1.57 bits per heavy atom. The molecule has 0 unspecified atom stereocenters. The standard InChI is InChI=1S/C11H15NO2/c1-2-3-8-12-10-6-4-9(5-7-10)11(13)14/h4-7,12H,2-3,8H2,1H3,(H,13,14)/i2D2,3D2,8D2/hD. The number of carboxylic acids is 1. The minimum Gasteiger partial charge on any atom is -0.478 e. The van der Waals surface area contributed by atoms with E-state index in [4.69, 9.17) is 14.7 Å². The van der Waals surface area contributed by atoms with Crippen molar-refractivity contribution < 1.29 is 19.5 Å². The van der Waals surface area contributed by atoms with Gasteiger partial charge in [-0.25, -0.2) is 4.79 Å². The van der Waals surface area contributed by atoms with Crippen molar-refractivity contribution in [3.8, 4) is 0 Å². The van der Waals surface area contributed by atoms with E-state index < -0.39 is 25.2 Å². The molecule has 0 atom stereocenters. The highest BCUT2D eigenvalue weighted by Gasteiger charge is 2.00. The van der Waals surface area contributed by atoms with E-state index in [0.717, 1.165) is 31.2 Å². The first-order chi connectivity index (χ1) is 9.32. The molecule has 0 saturated heterocycles. The number of anilines is 1. The lowest BCUT2D eigenvalue weighted by molar-refractivity contribution is 0.0697. The molecule has 0 aliphatic rings. The lowest BCUT2D eigenvalue weighted by Gasteiger charge is -2.04. The van der Waals surface area contributed by atoms with Crippen molar-refractivity contribution in [1.29, 1.82) is 0 Å². The zero-order chi connectivity index (χ0) is 16.6. The summed E-state index contributed by atoms with van der Waals surface area (Å²) >= 11 is 0. The molecule has 1 aromatic rings. The predicted octanol–water partition coefficient (Wildman–Crippen LogP) is 2.60. The van der Waals surface area contributed by atoms with E-state index >= 15 is 0 Å². The molecule has 3 heteroatoms. The maximum absolute atomic E-state index is 10.7. The van der Waals surface area contributed by atoms with Crippen molar-refractivity contribution in [3.05, 3.63) is 29.8 Å². The molecule has 1 aromatic carbocycles. The van der Waals surface area contributed by atoms with E-state index in [2.05, 4.69) is 0 Å². The van der Waals surface area contributed by atoms with Crippen molar-refractivity contribution in [2.45, 2.75) is 19.7 Å². The summed E-state index contributed by atoms with van der Waals surface area (Å²) < 4.78 is 53.3. The Bertz CT molecular complexity index is 524. The molecule has 0 spiro atoms. The second-order valence-corrected chi connectivity index (χ2v) is 2.45. The van der Waals surface area contributed by atoms with Crippen LogP contribution in [0.15, 0.2) is 24.3 Å². The van der Waals surface area contributed by atoms with Crippen LogP contribution in [0.1, 0.15) is 38.3 Å². The minimum atomic E-state index is -2.97. The Kier molecular flexibility index (Phi) is 1.63. The van der Waals surface area contributed by atoms with E-state index in [1.54, 1.807) is 0 Å². The average Bonchev–Trinajstić information content (AvgIpc) is 2.36. The molecule has 0 aliphatic heterocycles. The number of rotatable bonds is 5. The summed E-state index contributed by atoms with van der Waals surface area (Å²) in [4.78, 5) is 10.7. The zero-order valence-electron chi connectivity index (χ0n) is 14.6. The van der Waals surface area contributed by atoms with Crippen LogP contribution in [0.5, 0.6) is 0 Å². The molecule has 14 heavy (non-hydrogen) atoms. The smallest absolute Gasteiger partial charge is 0.335 e. The molecule has 0 fully saturated rings. The fraction of sp³-hybridized carbons (Fsp3) is 0.364. The molecule has 3 nitrogen and oxygen atoms in total. The first-order valence-electron chi connectivity index (χ1n) is 7.39. The number of nitrogens with one attached hydrogen (secondary N) is 1. The zero-order valence-corrected chi connectivity index (χ0v) is 7.61. The largest absolute Gasteiger partial charge is 0.478 e. The van der Waals surface area contributed by atoms with Gasteiger partial charge in [-0.2, -0.15) is 0 Å². The summed E-state index contributed by atoms with van der Waals surface area (Å²) in [5, 5.41) is 8.97. The molecule has 0 heterocycles. The Morgan fingerprint density at radius 2 is 2.21 bits per heavy atom. The van der Waals surface area contributed by atoms with Crippen LogP contribution in [0.2, 0.25) is 1.41 Å². The molecule has 2 N–H and O–H groups in total. The summed E-state index contributed by atoms with van der Waals surface area (Å²) in [6.07, 6.45) is -5.48. The third-order valence-electron chi connectivity index (χ3n) is 1.48. The number of carbonyl (C=O) groups is 1. The van der Waals surface area contributed by atoms with E-state index in [9.17, 15) is 4.79 Å². The van der Waals surface area contributed by atoms with Gasteiger partial charge in [0.15, 0.2) is 1.41 Å². The number of aromatic carboxylic acids is 1. The summed E-state index contributed by atoms with van der Waals surface area (Å²) in [7, 11) is 0. The summed E-state index contributed by atoms with van der Waals surface area (Å²) in [5.41, 5.74) is -0.139. The van der Waals surface area contributed by atoms with Crippen LogP contribution in [-0.2, 0) is 0 Å². The lowest BCUT2D eigenvalue weighted by Crippen LogP contribution is -2.01. The van der Waals surface area contributed by atoms with Crippen molar-refractivity contribution in [3.63, 3.8) is 0 Å². The molecule has 0 saturated carbocycles. The monoisotopic (exact) mass is 200 g/mol. The van der Waals surface area contributed by atoms with Gasteiger partial charge in [-0.15, -0.1) is 0 Å². The molecule has 0 aromatic heterocycles. The summed E-state index contributed by atoms with van der Waals surface area (Å²) in [6.45, 7) is -2.07. The van der Waals surface area contributed by atoms with Crippen LogP contribution in [0.3, 0.4) is 0 Å². The first kappa shape index (κ1) is 4.34. The summed E-state index contributed by atoms with van der Waals surface area (Å²) in [6, 6.07) is 4.64. The molecular formula is C11H15NO2. The van der Waals surface area contributed by atoms with E-state index in [0.29, 0.717) is 0 Å². The van der Waals surface area contributed by atoms with Gasteiger partial charge in [-0.05, 0) is 30.6 Å². The molecule has 0 aliphatic carbocycles. The van der Waals surface area contributed by atoms with Crippen LogP contribution in [0.25, 0.3) is 0 Å². The Labute approximate surface area is 93.7 Å². The highest BCUT2D eigenvalue weighted by Crippen LogP contribution is 2.09. The van der Waals surface area contributed by atoms with E-state index in [1.807, 2.05) is 0 Å². The fourth-order valence-electron chi connectivity index (χ4n) is 0.827. The highest BCUT2D eigenvalue weighted by atomic mass is 16.4. The SMILES string of the molecule is [2H]N(c1ccc(C(=O)O)cc1)C([2H])([2H])C([2H])([2H])C([2H])([2H])C. The van der Waals surface area contributed by atoms with Gasteiger partial charge in [0.2, 0.25) is 0 Å². The second-order valence-electron chi connectivity index (χ2n) is 2.45. The third kappa shape index (κ3) is 3.09. The molecule has 0 radical (unpaired) electrons. The van der Waals surface area contributed by atoms with Gasteiger partial charge in [0.1, 0.15) is 0 Å². The van der Waals surface area contributed by atoms with Gasteiger partial charge in [0.05, 0.1) is 5.56 Å². The van der Waals surface area contributed by atoms with E-state index in [-0.39, 0.29) is 16.6 Å². The van der Waals surface area contributed by atoms with Crippen molar-refractivity contribution in [2.24, 2.45) is 0 Å². The molecule has 0 amide bonds. The molecule has 76 valence electrons. The van der Waals surface area contributed by atoms with Crippen LogP contribution in [0, 0.1) is 0 Å². The van der Waals surface area contributed by atoms with Gasteiger partial charge in [0.25, 0.3) is 0 Å². The second kappa shape index (κ2) is 5.27. The van der Waals surface area contributed by atoms with Gasteiger partial charge in [-0.3, -0.25) is 0 Å². The van der Waals surface area contributed by atoms with Crippen molar-refractivity contribution in [1.82, 2.24) is 0 Å². The molecule has 1 rings (SSSR count). The summed E-state index contributed by atoms with van der Waals surface area (Å²) in [5.74, 6) is -1.18. The van der Waals surface area contributed by atoms with Gasteiger partial charge in [-0.1, -0.05) is 13.3 Å². The number of hydrogen-bond acceptors (Lipinski definition) is 2. The maximum Gasteiger partial charge on any atom is 0.335 e. The Hall–Kier alpha value is -1.51. The fourth-order valence-corrected chi connectivity index (χ4v) is 0.827. The lowest BCUT2D eigenvalue weighted by atomic mass is 10.2. The van der Waals surface area contributed by atoms with Crippen LogP contribution >= 0.6 is 0 Å². The van der Waals surface area contributed by atoms with Crippen molar-refractivity contribution >= 4 is 11.7 Å². The maximum atomic E-state index is 10.7. The Balaban J connectivity index is 3.17. The van der Waals surface area contributed by atoms with Gasteiger partial charge >= 0.3 is 5.97 Å². The first-order valence-corrected chi connectivity index (χ1v) is 3.95. The minimum absolute atomic E-state index is 0.0541. The average molecular weight is 200 g/mol. The predicted molar refractivity (Wildman–Crippen MR) is 56.8 cm³/mol. The topological polar surface area (TPSA) is 49.3 Å². The molecule has 0 bridgehead atoms. The number of benzene rings is 1. The van der Waals surface area contributed by atoms with Crippen LogP contribution in [-0.4, -0.2) is 17.6 Å².